The van der Waals surface area contributed by atoms with E-state index in [1.807, 2.05) is 58.0 Å². The van der Waals surface area contributed by atoms with E-state index >= 15 is 0 Å². The molecule has 1 atom stereocenters. The standard InChI is InChI=1S/C22H24N6O2/c1-13-5-7-18(8-6-13)27-12-17(11-20(27)29)21(30)25-19-10-16(4)26-28(19)22-23-14(2)9-15(3)24-22/h5-10,17H,11-12H2,1-4H3,(H,25,30). The predicted molar refractivity (Wildman–Crippen MR) is 114 cm³/mol. The Balaban J connectivity index is 1.53. The molecule has 1 saturated heterocycles. The van der Waals surface area contributed by atoms with Crippen molar-refractivity contribution in [3.63, 3.8) is 0 Å². The fraction of sp³-hybridized carbons (Fsp3) is 0.318. The third kappa shape index (κ3) is 3.94. The van der Waals surface area contributed by atoms with Crippen molar-refractivity contribution in [1.82, 2.24) is 19.7 Å². The number of hydrogen-bond acceptors (Lipinski definition) is 5. The molecule has 2 amide bonds. The van der Waals surface area contributed by atoms with Crippen LogP contribution < -0.4 is 10.2 Å². The quantitative estimate of drug-likeness (QED) is 0.722. The van der Waals surface area contributed by atoms with E-state index in [2.05, 4.69) is 20.4 Å². The number of anilines is 2. The SMILES string of the molecule is Cc1ccc(N2CC(C(=O)Nc3cc(C)nn3-c3nc(C)cc(C)n3)CC2=O)cc1. The minimum absolute atomic E-state index is 0.0543. The van der Waals surface area contributed by atoms with Gasteiger partial charge in [0.05, 0.1) is 11.6 Å². The van der Waals surface area contributed by atoms with Gasteiger partial charge in [-0.2, -0.15) is 9.78 Å². The van der Waals surface area contributed by atoms with Gasteiger partial charge in [-0.25, -0.2) is 9.97 Å². The maximum absolute atomic E-state index is 12.9. The smallest absolute Gasteiger partial charge is 0.252 e. The summed E-state index contributed by atoms with van der Waals surface area (Å²) in [6.07, 6.45) is 0.173. The Labute approximate surface area is 175 Å². The summed E-state index contributed by atoms with van der Waals surface area (Å²) in [5, 5.41) is 7.34. The molecule has 8 heteroatoms. The first-order chi connectivity index (χ1) is 14.3. The number of carbonyl (C=O) groups is 2. The average Bonchev–Trinajstić information content (AvgIpc) is 3.24. The molecule has 30 heavy (non-hydrogen) atoms. The maximum Gasteiger partial charge on any atom is 0.252 e. The fourth-order valence-electron chi connectivity index (χ4n) is 3.63. The summed E-state index contributed by atoms with van der Waals surface area (Å²) in [5.41, 5.74) is 4.30. The summed E-state index contributed by atoms with van der Waals surface area (Å²) >= 11 is 0. The van der Waals surface area contributed by atoms with E-state index in [-0.39, 0.29) is 18.2 Å². The van der Waals surface area contributed by atoms with E-state index in [0.717, 1.165) is 28.3 Å². The van der Waals surface area contributed by atoms with Gasteiger partial charge in [-0.1, -0.05) is 17.7 Å². The van der Waals surface area contributed by atoms with Crippen LogP contribution in [-0.2, 0) is 9.59 Å². The lowest BCUT2D eigenvalue weighted by molar-refractivity contribution is -0.122. The second-order valence-corrected chi connectivity index (χ2v) is 7.76. The lowest BCUT2D eigenvalue weighted by atomic mass is 10.1. The highest BCUT2D eigenvalue weighted by atomic mass is 16.2. The van der Waals surface area contributed by atoms with Gasteiger partial charge in [-0.3, -0.25) is 9.59 Å². The van der Waals surface area contributed by atoms with Crippen LogP contribution in [-0.4, -0.2) is 38.1 Å². The van der Waals surface area contributed by atoms with Crippen LogP contribution >= 0.6 is 0 Å². The van der Waals surface area contributed by atoms with Crippen LogP contribution in [0.15, 0.2) is 36.4 Å². The molecule has 154 valence electrons. The zero-order valence-electron chi connectivity index (χ0n) is 17.5. The molecular formula is C22H24N6O2. The fourth-order valence-corrected chi connectivity index (χ4v) is 3.63. The van der Waals surface area contributed by atoms with E-state index in [9.17, 15) is 9.59 Å². The summed E-state index contributed by atoms with van der Waals surface area (Å²) in [4.78, 5) is 36.0. The number of rotatable bonds is 4. The first-order valence-electron chi connectivity index (χ1n) is 9.87. The Bertz CT molecular complexity index is 1100. The predicted octanol–water partition coefficient (Wildman–Crippen LogP) is 2.89. The Morgan fingerprint density at radius 1 is 1.00 bits per heavy atom. The number of benzene rings is 1. The first-order valence-corrected chi connectivity index (χ1v) is 9.87. The van der Waals surface area contributed by atoms with Crippen molar-refractivity contribution in [3.05, 3.63) is 59.0 Å². The van der Waals surface area contributed by atoms with Crippen LogP contribution in [0.4, 0.5) is 11.5 Å². The molecule has 0 saturated carbocycles. The second kappa shape index (κ2) is 7.70. The van der Waals surface area contributed by atoms with Crippen molar-refractivity contribution < 1.29 is 9.59 Å². The molecule has 1 aliphatic rings. The number of nitrogens with one attached hydrogen (secondary N) is 1. The summed E-state index contributed by atoms with van der Waals surface area (Å²) < 4.78 is 1.53. The van der Waals surface area contributed by atoms with Crippen molar-refractivity contribution >= 4 is 23.3 Å². The molecule has 0 radical (unpaired) electrons. The number of aryl methyl sites for hydroxylation is 4. The molecule has 3 heterocycles. The summed E-state index contributed by atoms with van der Waals surface area (Å²) in [7, 11) is 0. The zero-order chi connectivity index (χ0) is 21.4. The molecular weight excluding hydrogens is 380 g/mol. The molecule has 0 aliphatic carbocycles. The highest BCUT2D eigenvalue weighted by molar-refractivity contribution is 6.03. The molecule has 0 bridgehead atoms. The number of aromatic nitrogens is 4. The van der Waals surface area contributed by atoms with Crippen molar-refractivity contribution in [2.24, 2.45) is 5.92 Å². The highest BCUT2D eigenvalue weighted by Crippen LogP contribution is 2.26. The van der Waals surface area contributed by atoms with E-state index in [1.165, 1.54) is 4.68 Å². The van der Waals surface area contributed by atoms with E-state index in [0.29, 0.717) is 18.3 Å². The first kappa shape index (κ1) is 19.8. The number of hydrogen-bond donors (Lipinski definition) is 1. The molecule has 1 aliphatic heterocycles. The zero-order valence-corrected chi connectivity index (χ0v) is 17.5. The van der Waals surface area contributed by atoms with Gasteiger partial charge >= 0.3 is 0 Å². The van der Waals surface area contributed by atoms with Gasteiger partial charge in [-0.05, 0) is 45.9 Å². The molecule has 8 nitrogen and oxygen atoms in total. The lowest BCUT2D eigenvalue weighted by Crippen LogP contribution is -2.28. The lowest BCUT2D eigenvalue weighted by Gasteiger charge is -2.17. The summed E-state index contributed by atoms with van der Waals surface area (Å²) in [5.74, 6) is 0.177. The molecule has 1 N–H and O–H groups in total. The molecule has 1 unspecified atom stereocenters. The number of carbonyl (C=O) groups excluding carboxylic acids is 2. The van der Waals surface area contributed by atoms with Crippen LogP contribution in [0.25, 0.3) is 5.95 Å². The van der Waals surface area contributed by atoms with Gasteiger partial charge in [-0.15, -0.1) is 0 Å². The highest BCUT2D eigenvalue weighted by Gasteiger charge is 2.35. The Morgan fingerprint density at radius 3 is 2.33 bits per heavy atom. The van der Waals surface area contributed by atoms with Gasteiger partial charge in [0.2, 0.25) is 11.8 Å². The van der Waals surface area contributed by atoms with Crippen LogP contribution in [0.3, 0.4) is 0 Å². The molecule has 4 rings (SSSR count). The van der Waals surface area contributed by atoms with Gasteiger partial charge < -0.3 is 10.2 Å². The second-order valence-electron chi connectivity index (χ2n) is 7.76. The Kier molecular flexibility index (Phi) is 5.07. The van der Waals surface area contributed by atoms with Gasteiger partial charge in [0, 0.05) is 36.1 Å². The van der Waals surface area contributed by atoms with Crippen LogP contribution in [0.2, 0.25) is 0 Å². The third-order valence-corrected chi connectivity index (χ3v) is 5.08. The number of nitrogens with zero attached hydrogens (tertiary/aromatic N) is 5. The Hall–Kier alpha value is -3.55. The van der Waals surface area contributed by atoms with E-state index in [4.69, 9.17) is 0 Å². The average molecular weight is 404 g/mol. The van der Waals surface area contributed by atoms with Crippen LogP contribution in [0.1, 0.15) is 29.1 Å². The van der Waals surface area contributed by atoms with Gasteiger partial charge in [0.15, 0.2) is 0 Å². The van der Waals surface area contributed by atoms with Crippen LogP contribution in [0, 0.1) is 33.6 Å². The summed E-state index contributed by atoms with van der Waals surface area (Å²) in [6.45, 7) is 7.96. The normalized spacial score (nSPS) is 16.2. The third-order valence-electron chi connectivity index (χ3n) is 5.08. The van der Waals surface area contributed by atoms with Crippen molar-refractivity contribution in [2.75, 3.05) is 16.8 Å². The van der Waals surface area contributed by atoms with Crippen molar-refractivity contribution in [3.8, 4) is 5.95 Å². The van der Waals surface area contributed by atoms with Gasteiger partial charge in [0.1, 0.15) is 5.82 Å². The number of amides is 2. The van der Waals surface area contributed by atoms with Crippen LogP contribution in [0.5, 0.6) is 0 Å². The van der Waals surface area contributed by atoms with Crippen molar-refractivity contribution in [2.45, 2.75) is 34.1 Å². The molecule has 0 spiro atoms. The molecule has 3 aromatic rings. The Morgan fingerprint density at radius 2 is 1.67 bits per heavy atom. The molecule has 2 aromatic heterocycles. The van der Waals surface area contributed by atoms with E-state index in [1.54, 1.807) is 11.0 Å². The summed E-state index contributed by atoms with van der Waals surface area (Å²) in [6, 6.07) is 11.4. The molecule has 1 aromatic carbocycles. The maximum atomic E-state index is 12.9. The topological polar surface area (TPSA) is 93.0 Å². The van der Waals surface area contributed by atoms with Crippen molar-refractivity contribution in [1.29, 1.82) is 0 Å². The molecule has 1 fully saturated rings. The minimum Gasteiger partial charge on any atom is -0.312 e. The van der Waals surface area contributed by atoms with Gasteiger partial charge in [0.25, 0.3) is 5.95 Å². The largest absolute Gasteiger partial charge is 0.312 e. The monoisotopic (exact) mass is 404 g/mol. The minimum atomic E-state index is -0.442. The van der Waals surface area contributed by atoms with E-state index < -0.39 is 5.92 Å².